The van der Waals surface area contributed by atoms with Gasteiger partial charge in [0.25, 0.3) is 5.69 Å². The summed E-state index contributed by atoms with van der Waals surface area (Å²) in [6.07, 6.45) is 2.11. The number of rotatable bonds is 3. The summed E-state index contributed by atoms with van der Waals surface area (Å²) in [5.41, 5.74) is 0.877. The van der Waals surface area contributed by atoms with Crippen molar-refractivity contribution < 1.29 is 9.34 Å². The van der Waals surface area contributed by atoms with Crippen LogP contribution in [0.3, 0.4) is 0 Å². The molecule has 0 aliphatic carbocycles. The summed E-state index contributed by atoms with van der Waals surface area (Å²) in [5, 5.41) is 20.0. The van der Waals surface area contributed by atoms with Gasteiger partial charge in [0.15, 0.2) is 0 Å². The normalized spacial score (nSPS) is 15.4. The van der Waals surface area contributed by atoms with Gasteiger partial charge in [-0.05, 0) is 30.9 Å². The Kier molecular flexibility index (Phi) is 3.98. The zero-order valence-corrected chi connectivity index (χ0v) is 12.7. The number of nitro groups is 1. The predicted molar refractivity (Wildman–Crippen MR) is 83.9 cm³/mol. The van der Waals surface area contributed by atoms with Crippen LogP contribution < -0.4 is 4.90 Å². The van der Waals surface area contributed by atoms with Gasteiger partial charge in [-0.25, -0.2) is 0 Å². The molecule has 1 aliphatic heterocycles. The third kappa shape index (κ3) is 3.01. The van der Waals surface area contributed by atoms with Crippen molar-refractivity contribution in [2.75, 3.05) is 18.0 Å². The monoisotopic (exact) mass is 312 g/mol. The summed E-state index contributed by atoms with van der Waals surface area (Å²) in [5.74, 6) is 1.48. The number of hydrogen-bond acceptors (Lipinski definition) is 6. The Morgan fingerprint density at radius 2 is 2.00 bits per heavy atom. The Labute approximate surface area is 133 Å². The molecule has 0 bridgehead atoms. The Bertz CT molecular complexity index is 753. The lowest BCUT2D eigenvalue weighted by Crippen LogP contribution is -2.32. The third-order valence-electron chi connectivity index (χ3n) is 4.11. The molecule has 0 spiro atoms. The molecule has 7 nitrogen and oxygen atoms in total. The predicted octanol–water partition coefficient (Wildman–Crippen LogP) is 3.36. The first-order valence-corrected chi connectivity index (χ1v) is 7.49. The van der Waals surface area contributed by atoms with Crippen LogP contribution in [0.25, 0.3) is 11.5 Å². The molecule has 1 aromatic carbocycles. The minimum absolute atomic E-state index is 0.00561. The third-order valence-corrected chi connectivity index (χ3v) is 4.11. The van der Waals surface area contributed by atoms with Crippen LogP contribution in [0.15, 0.2) is 28.7 Å². The van der Waals surface area contributed by atoms with Crippen molar-refractivity contribution in [3.8, 4) is 17.5 Å². The number of nitrogens with zero attached hydrogens (tertiary/aromatic N) is 4. The van der Waals surface area contributed by atoms with Crippen molar-refractivity contribution >= 4 is 11.6 Å². The molecule has 0 radical (unpaired) electrons. The van der Waals surface area contributed by atoms with E-state index < -0.39 is 4.92 Å². The van der Waals surface area contributed by atoms with Crippen molar-refractivity contribution in [3.05, 3.63) is 40.1 Å². The molecule has 0 unspecified atom stereocenters. The van der Waals surface area contributed by atoms with Crippen LogP contribution in [-0.4, -0.2) is 23.0 Å². The zero-order chi connectivity index (χ0) is 16.4. The highest BCUT2D eigenvalue weighted by atomic mass is 16.6. The van der Waals surface area contributed by atoms with E-state index in [0.29, 0.717) is 23.3 Å². The fourth-order valence-corrected chi connectivity index (χ4v) is 2.66. The van der Waals surface area contributed by atoms with Crippen molar-refractivity contribution in [3.63, 3.8) is 0 Å². The minimum atomic E-state index is -0.458. The van der Waals surface area contributed by atoms with Gasteiger partial charge in [0.05, 0.1) is 4.92 Å². The number of nitriles is 1. The van der Waals surface area contributed by atoms with Crippen LogP contribution in [0.5, 0.6) is 0 Å². The van der Waals surface area contributed by atoms with Crippen LogP contribution in [0.1, 0.15) is 25.5 Å². The van der Waals surface area contributed by atoms with E-state index in [-0.39, 0.29) is 11.4 Å². The highest BCUT2D eigenvalue weighted by Gasteiger charge is 2.24. The Hall–Kier alpha value is -2.88. The molecule has 1 fully saturated rings. The van der Waals surface area contributed by atoms with Crippen LogP contribution in [0, 0.1) is 27.4 Å². The van der Waals surface area contributed by atoms with Crippen molar-refractivity contribution in [2.45, 2.75) is 19.8 Å². The minimum Gasteiger partial charge on any atom is -0.419 e. The van der Waals surface area contributed by atoms with Crippen molar-refractivity contribution in [1.29, 1.82) is 5.26 Å². The van der Waals surface area contributed by atoms with E-state index in [0.717, 1.165) is 25.9 Å². The quantitative estimate of drug-likeness (QED) is 0.637. The van der Waals surface area contributed by atoms with E-state index in [1.165, 1.54) is 12.1 Å². The maximum atomic E-state index is 10.7. The smallest absolute Gasteiger partial charge is 0.269 e. The highest BCUT2D eigenvalue weighted by molar-refractivity contribution is 5.61. The number of anilines is 1. The molecule has 118 valence electrons. The van der Waals surface area contributed by atoms with Gasteiger partial charge < -0.3 is 9.32 Å². The Morgan fingerprint density at radius 3 is 2.57 bits per heavy atom. The average molecular weight is 312 g/mol. The van der Waals surface area contributed by atoms with E-state index in [4.69, 9.17) is 4.42 Å². The second kappa shape index (κ2) is 6.08. The molecule has 23 heavy (non-hydrogen) atoms. The van der Waals surface area contributed by atoms with Gasteiger partial charge in [-0.2, -0.15) is 10.2 Å². The zero-order valence-electron chi connectivity index (χ0n) is 12.7. The Balaban J connectivity index is 1.89. The number of hydrogen-bond donors (Lipinski definition) is 0. The number of benzene rings is 1. The van der Waals surface area contributed by atoms with Crippen LogP contribution in [-0.2, 0) is 0 Å². The topological polar surface area (TPSA) is 96.2 Å². The number of non-ortho nitro benzene ring substituents is 1. The van der Waals surface area contributed by atoms with Crippen LogP contribution >= 0.6 is 0 Å². The summed E-state index contributed by atoms with van der Waals surface area (Å²) in [6.45, 7) is 3.89. The summed E-state index contributed by atoms with van der Waals surface area (Å²) in [7, 11) is 0. The highest BCUT2D eigenvalue weighted by Crippen LogP contribution is 2.31. The fourth-order valence-electron chi connectivity index (χ4n) is 2.66. The molecule has 1 aliphatic rings. The molecule has 2 aromatic rings. The van der Waals surface area contributed by atoms with Crippen molar-refractivity contribution in [2.24, 2.45) is 5.92 Å². The standard InChI is InChI=1S/C16H16N4O3/c1-11-6-8-19(9-7-11)16-14(10-17)18-15(23-16)12-2-4-13(5-3-12)20(21)22/h2-5,11H,6-9H2,1H3. The molecule has 0 amide bonds. The lowest BCUT2D eigenvalue weighted by atomic mass is 9.99. The van der Waals surface area contributed by atoms with Gasteiger partial charge in [-0.15, -0.1) is 0 Å². The first-order chi connectivity index (χ1) is 11.1. The Morgan fingerprint density at radius 1 is 1.35 bits per heavy atom. The second-order valence-corrected chi connectivity index (χ2v) is 5.76. The van der Waals surface area contributed by atoms with E-state index in [2.05, 4.69) is 18.0 Å². The van der Waals surface area contributed by atoms with E-state index in [1.807, 2.05) is 4.90 Å². The van der Waals surface area contributed by atoms with Crippen LogP contribution in [0.4, 0.5) is 11.6 Å². The van der Waals surface area contributed by atoms with Gasteiger partial charge in [-0.3, -0.25) is 10.1 Å². The molecular formula is C16H16N4O3. The second-order valence-electron chi connectivity index (χ2n) is 5.76. The van der Waals surface area contributed by atoms with Gasteiger partial charge in [-0.1, -0.05) is 6.92 Å². The number of piperidine rings is 1. The van der Waals surface area contributed by atoms with Crippen molar-refractivity contribution in [1.82, 2.24) is 4.98 Å². The number of nitro benzene ring substituents is 1. The maximum absolute atomic E-state index is 10.7. The van der Waals surface area contributed by atoms with Gasteiger partial charge in [0.2, 0.25) is 17.5 Å². The average Bonchev–Trinajstić information content (AvgIpc) is 3.00. The maximum Gasteiger partial charge on any atom is 0.269 e. The summed E-state index contributed by atoms with van der Waals surface area (Å²) in [6, 6.07) is 8.02. The van der Waals surface area contributed by atoms with Gasteiger partial charge >= 0.3 is 0 Å². The lowest BCUT2D eigenvalue weighted by Gasteiger charge is -2.29. The van der Waals surface area contributed by atoms with Gasteiger partial charge in [0, 0.05) is 30.8 Å². The fraction of sp³-hybridized carbons (Fsp3) is 0.375. The molecule has 0 N–H and O–H groups in total. The molecule has 1 aromatic heterocycles. The first kappa shape index (κ1) is 15.0. The molecule has 3 rings (SSSR count). The molecule has 0 atom stereocenters. The van der Waals surface area contributed by atoms with E-state index in [9.17, 15) is 15.4 Å². The number of aromatic nitrogens is 1. The summed E-state index contributed by atoms with van der Waals surface area (Å²) >= 11 is 0. The lowest BCUT2D eigenvalue weighted by molar-refractivity contribution is -0.384. The summed E-state index contributed by atoms with van der Waals surface area (Å²) in [4.78, 5) is 16.5. The molecule has 7 heteroatoms. The molecule has 1 saturated heterocycles. The number of oxazole rings is 1. The molecular weight excluding hydrogens is 296 g/mol. The molecule has 0 saturated carbocycles. The van der Waals surface area contributed by atoms with E-state index in [1.54, 1.807) is 12.1 Å². The van der Waals surface area contributed by atoms with Crippen LogP contribution in [0.2, 0.25) is 0 Å². The largest absolute Gasteiger partial charge is 0.419 e. The first-order valence-electron chi connectivity index (χ1n) is 7.49. The summed E-state index contributed by atoms with van der Waals surface area (Å²) < 4.78 is 5.79. The molecule has 2 heterocycles. The SMILES string of the molecule is CC1CCN(c2oc(-c3ccc([N+](=O)[O-])cc3)nc2C#N)CC1. The van der Waals surface area contributed by atoms with E-state index >= 15 is 0 Å². The van der Waals surface area contributed by atoms with Gasteiger partial charge in [0.1, 0.15) is 6.07 Å².